The molecule has 0 fully saturated rings. The quantitative estimate of drug-likeness (QED) is 0.220. The van der Waals surface area contributed by atoms with E-state index in [1.54, 1.807) is 26.0 Å². The molecule has 41 heavy (non-hydrogen) atoms. The number of aliphatic hydroxyl groups is 2. The van der Waals surface area contributed by atoms with E-state index in [1.807, 2.05) is 6.92 Å². The number of carbonyl (C=O) groups excluding carboxylic acids is 4. The fourth-order valence-electron chi connectivity index (χ4n) is 5.14. The number of primary amides is 1. The number of nitrogens with two attached hydrogens (primary N) is 1. The first-order chi connectivity index (χ1) is 19.3. The van der Waals surface area contributed by atoms with Gasteiger partial charge in [0.25, 0.3) is 17.5 Å². The molecule has 0 spiro atoms. The van der Waals surface area contributed by atoms with Gasteiger partial charge in [-0.25, -0.2) is 4.79 Å². The van der Waals surface area contributed by atoms with Gasteiger partial charge in [0, 0.05) is 31.3 Å². The second-order valence-corrected chi connectivity index (χ2v) is 10.5. The molecule has 2 aliphatic rings. The summed E-state index contributed by atoms with van der Waals surface area (Å²) in [7, 11) is 4.13. The van der Waals surface area contributed by atoms with Gasteiger partial charge in [-0.3, -0.25) is 14.4 Å². The summed E-state index contributed by atoms with van der Waals surface area (Å²) >= 11 is 0. The number of Topliss-reactive ketones (excluding diaryl/α,β-unsaturated/α-hetero) is 2. The second kappa shape index (κ2) is 14.9. The van der Waals surface area contributed by atoms with Crippen LogP contribution in [0.2, 0.25) is 0 Å². The van der Waals surface area contributed by atoms with E-state index in [2.05, 4.69) is 5.32 Å². The van der Waals surface area contributed by atoms with Gasteiger partial charge in [0.2, 0.25) is 0 Å². The highest BCUT2D eigenvalue weighted by atomic mass is 16.6. The molecule has 12 heteroatoms. The molecule has 1 aliphatic carbocycles. The van der Waals surface area contributed by atoms with Crippen LogP contribution in [0, 0.1) is 11.8 Å². The van der Waals surface area contributed by atoms with Crippen molar-refractivity contribution in [3.05, 3.63) is 46.1 Å². The number of ketones is 2. The number of allylic oxidation sites excluding steroid dienone is 4. The van der Waals surface area contributed by atoms with Crippen LogP contribution < -0.4 is 11.1 Å². The number of nitrogens with one attached hydrogen (secondary N) is 1. The van der Waals surface area contributed by atoms with Gasteiger partial charge >= 0.3 is 6.09 Å². The van der Waals surface area contributed by atoms with Crippen LogP contribution in [-0.4, -0.2) is 79.5 Å². The maximum atomic E-state index is 12.9. The molecule has 0 aromatic heterocycles. The average Bonchev–Trinajstić information content (AvgIpc) is 2.92. The van der Waals surface area contributed by atoms with Crippen molar-refractivity contribution in [2.45, 2.75) is 77.8 Å². The van der Waals surface area contributed by atoms with Crippen LogP contribution in [0.25, 0.3) is 0 Å². The SMILES string of the molecule is COC1=C2C[C@H](C)C[C@H](OC)[C@H](O)[C@H](C)/C=C(\C)[C@H](OC(N)=O)[C@@H](OC)CC/C=C(\C)C(=O)NC(=C2O)C(=O)C1=O. The Morgan fingerprint density at radius 2 is 1.68 bits per heavy atom. The number of methoxy groups -OCH3 is 3. The molecule has 2 rings (SSSR count). The second-order valence-electron chi connectivity index (χ2n) is 10.5. The van der Waals surface area contributed by atoms with Gasteiger partial charge in [0.1, 0.15) is 11.5 Å². The number of ether oxygens (including phenoxy) is 4. The molecule has 12 nitrogen and oxygen atoms in total. The van der Waals surface area contributed by atoms with Crippen molar-refractivity contribution in [3.8, 4) is 0 Å². The molecule has 1 heterocycles. The molecule has 1 aliphatic heterocycles. The lowest BCUT2D eigenvalue weighted by molar-refractivity contribution is -0.135. The van der Waals surface area contributed by atoms with Crippen molar-refractivity contribution in [1.29, 1.82) is 0 Å². The highest BCUT2D eigenvalue weighted by Crippen LogP contribution is 2.32. The van der Waals surface area contributed by atoms with E-state index in [0.29, 0.717) is 24.8 Å². The molecule has 0 saturated carbocycles. The minimum absolute atomic E-state index is 0.0713. The third-order valence-corrected chi connectivity index (χ3v) is 7.41. The van der Waals surface area contributed by atoms with Gasteiger partial charge in [0.05, 0.1) is 25.4 Å². The van der Waals surface area contributed by atoms with Crippen LogP contribution in [0.1, 0.15) is 53.4 Å². The largest absolute Gasteiger partial charge is 0.505 e. The van der Waals surface area contributed by atoms with E-state index < -0.39 is 65.4 Å². The predicted molar refractivity (Wildman–Crippen MR) is 148 cm³/mol. The average molecular weight is 579 g/mol. The van der Waals surface area contributed by atoms with Gasteiger partial charge in [-0.1, -0.05) is 26.0 Å². The topological polar surface area (TPSA) is 184 Å². The van der Waals surface area contributed by atoms with Gasteiger partial charge in [-0.2, -0.15) is 0 Å². The number of aliphatic hydroxyl groups excluding tert-OH is 2. The first-order valence-corrected chi connectivity index (χ1v) is 13.4. The molecule has 0 radical (unpaired) electrons. The zero-order valence-corrected chi connectivity index (χ0v) is 24.7. The van der Waals surface area contributed by atoms with E-state index in [-0.39, 0.29) is 29.2 Å². The van der Waals surface area contributed by atoms with Crippen LogP contribution in [0.15, 0.2) is 46.1 Å². The minimum Gasteiger partial charge on any atom is -0.505 e. The Balaban J connectivity index is 2.61. The predicted octanol–water partition coefficient (Wildman–Crippen LogP) is 2.52. The lowest BCUT2D eigenvalue weighted by Gasteiger charge is -2.30. The Labute approximate surface area is 240 Å². The molecule has 0 unspecified atom stereocenters. The van der Waals surface area contributed by atoms with E-state index in [0.717, 1.165) is 0 Å². The summed E-state index contributed by atoms with van der Waals surface area (Å²) in [6.45, 7) is 6.87. The zero-order valence-electron chi connectivity index (χ0n) is 24.7. The molecule has 2 bridgehead atoms. The number of carbonyl (C=O) groups is 4. The Hall–Kier alpha value is -3.48. The summed E-state index contributed by atoms with van der Waals surface area (Å²) in [5.74, 6) is -4.36. The first kappa shape index (κ1) is 33.7. The maximum absolute atomic E-state index is 12.9. The smallest absolute Gasteiger partial charge is 0.405 e. The van der Waals surface area contributed by atoms with Gasteiger partial charge < -0.3 is 40.2 Å². The summed E-state index contributed by atoms with van der Waals surface area (Å²) in [5.41, 5.74) is 5.70. The standard InChI is InChI=1S/C29H42N2O10/c1-14-11-18-23(33)21(24(34)25(35)27(18)40-7)31-28(36)15(2)9-8-10-19(38-5)26(41-29(30)37)17(4)13-16(3)22(32)20(12-14)39-6/h9,13-14,16,19-20,22,26,32-33H,8,10-12H2,1-7H3,(H2,30,37)(H,31,36)/b15-9+,17-13+/t14-,16+,19-,20-,22+,26-/m0/s1. The molecule has 228 valence electrons. The minimum atomic E-state index is -1.10. The normalized spacial score (nSPS) is 32.0. The number of rotatable bonds is 4. The maximum Gasteiger partial charge on any atom is 0.405 e. The molecular weight excluding hydrogens is 536 g/mol. The van der Waals surface area contributed by atoms with Gasteiger partial charge in [-0.15, -0.1) is 0 Å². The van der Waals surface area contributed by atoms with Gasteiger partial charge in [-0.05, 0) is 51.0 Å². The Bertz CT molecular complexity index is 1150. The van der Waals surface area contributed by atoms with Gasteiger partial charge in [0.15, 0.2) is 11.9 Å². The van der Waals surface area contributed by atoms with E-state index in [1.165, 1.54) is 28.3 Å². The van der Waals surface area contributed by atoms with Crippen LogP contribution in [0.5, 0.6) is 0 Å². The monoisotopic (exact) mass is 578 g/mol. The summed E-state index contributed by atoms with van der Waals surface area (Å²) in [5, 5.41) is 24.6. The van der Waals surface area contributed by atoms with Crippen LogP contribution in [-0.2, 0) is 33.3 Å². The molecule has 5 N–H and O–H groups in total. The third-order valence-electron chi connectivity index (χ3n) is 7.41. The molecule has 0 saturated heterocycles. The van der Waals surface area contributed by atoms with Crippen molar-refractivity contribution in [2.24, 2.45) is 17.6 Å². The zero-order chi connectivity index (χ0) is 31.0. The Morgan fingerprint density at radius 3 is 2.24 bits per heavy atom. The summed E-state index contributed by atoms with van der Waals surface area (Å²) in [6.07, 6.45) is 0.235. The number of fused-ring (bicyclic) bond motifs is 1. The third kappa shape index (κ3) is 8.27. The number of amides is 2. The van der Waals surface area contributed by atoms with Crippen LogP contribution >= 0.6 is 0 Å². The molecule has 6 atom stereocenters. The fourth-order valence-corrected chi connectivity index (χ4v) is 5.14. The number of hydrogen-bond acceptors (Lipinski definition) is 10. The number of hydrogen-bond donors (Lipinski definition) is 4. The molecular formula is C29H42N2O10. The lowest BCUT2D eigenvalue weighted by atomic mass is 9.85. The first-order valence-electron chi connectivity index (χ1n) is 13.4. The summed E-state index contributed by atoms with van der Waals surface area (Å²) in [6, 6.07) is 0. The molecule has 0 aromatic rings. The highest BCUT2D eigenvalue weighted by Gasteiger charge is 2.38. The van der Waals surface area contributed by atoms with Crippen molar-refractivity contribution < 1.29 is 48.3 Å². The Kier molecular flexibility index (Phi) is 12.3. The van der Waals surface area contributed by atoms with Crippen molar-refractivity contribution in [2.75, 3.05) is 21.3 Å². The van der Waals surface area contributed by atoms with E-state index in [4.69, 9.17) is 24.7 Å². The van der Waals surface area contributed by atoms with Crippen molar-refractivity contribution >= 4 is 23.6 Å². The highest BCUT2D eigenvalue weighted by molar-refractivity contribution is 6.50. The molecule has 2 amide bonds. The van der Waals surface area contributed by atoms with E-state index in [9.17, 15) is 29.4 Å². The van der Waals surface area contributed by atoms with Crippen LogP contribution in [0.4, 0.5) is 4.79 Å². The summed E-state index contributed by atoms with van der Waals surface area (Å²) in [4.78, 5) is 50.3. The summed E-state index contributed by atoms with van der Waals surface area (Å²) < 4.78 is 21.8. The fraction of sp³-hybridized carbons (Fsp3) is 0.586. The molecule has 0 aromatic carbocycles. The Morgan fingerprint density at radius 1 is 1.05 bits per heavy atom. The van der Waals surface area contributed by atoms with Crippen molar-refractivity contribution in [1.82, 2.24) is 5.32 Å². The van der Waals surface area contributed by atoms with Crippen LogP contribution in [0.3, 0.4) is 0 Å². The lowest BCUT2D eigenvalue weighted by Crippen LogP contribution is -2.38. The van der Waals surface area contributed by atoms with Crippen molar-refractivity contribution in [3.63, 3.8) is 0 Å². The van der Waals surface area contributed by atoms with E-state index >= 15 is 0 Å².